The first-order valence-corrected chi connectivity index (χ1v) is 15.3. The lowest BCUT2D eigenvalue weighted by Crippen LogP contribution is -2.51. The zero-order valence-electron chi connectivity index (χ0n) is 25.6. The van der Waals surface area contributed by atoms with Gasteiger partial charge in [-0.05, 0) is 71.1 Å². The van der Waals surface area contributed by atoms with Crippen molar-refractivity contribution in [2.45, 2.75) is 76.9 Å². The second-order valence-electron chi connectivity index (χ2n) is 12.7. The number of rotatable bonds is 7. The number of nitrogens with one attached hydrogen (secondary N) is 1. The number of likely N-dealkylation sites (N-methyl/N-ethyl adjacent to an activating group) is 1. The predicted molar refractivity (Wildman–Crippen MR) is 164 cm³/mol. The molecule has 2 aliphatic heterocycles. The summed E-state index contributed by atoms with van der Waals surface area (Å²) in [7, 11) is 1.46. The summed E-state index contributed by atoms with van der Waals surface area (Å²) in [4.78, 5) is 55.7. The molecule has 1 aromatic carbocycles. The van der Waals surface area contributed by atoms with Gasteiger partial charge in [-0.2, -0.15) is 5.10 Å². The highest BCUT2D eigenvalue weighted by molar-refractivity contribution is 6.23. The van der Waals surface area contributed by atoms with Gasteiger partial charge in [0.15, 0.2) is 0 Å². The molecule has 1 unspecified atom stereocenters. The van der Waals surface area contributed by atoms with Crippen molar-refractivity contribution in [3.8, 4) is 11.8 Å². The normalized spacial score (nSPS) is 21.7. The molecule has 1 saturated heterocycles. The Balaban J connectivity index is 1.15. The van der Waals surface area contributed by atoms with Crippen LogP contribution in [0.4, 0.5) is 5.69 Å². The summed E-state index contributed by atoms with van der Waals surface area (Å²) in [6.45, 7) is 9.94. The summed E-state index contributed by atoms with van der Waals surface area (Å²) in [5.41, 5.74) is 2.45. The number of amides is 3. The molecule has 0 radical (unpaired) electrons. The minimum absolute atomic E-state index is 0.0458. The lowest BCUT2D eigenvalue weighted by Gasteiger charge is -2.42. The standard InChI is InChI=1S/C33H42N6O4/c1-33(2,3)38-22-24(21-35-38)8-7-23-9-11-25(12-10-23)36-15-17-37(18-16-36)26-13-14-27-28(20-26)32(43)39(31(27)42)29(6-5-19-40)30(41)34-4/h13-14,19-23,25,29H,5-6,9-12,15-18H2,1-4H3,(H,34,41). The number of aromatic nitrogens is 2. The summed E-state index contributed by atoms with van der Waals surface area (Å²) in [6, 6.07) is 4.90. The minimum Gasteiger partial charge on any atom is -0.369 e. The molecule has 2 aromatic rings. The molecular weight excluding hydrogens is 544 g/mol. The highest BCUT2D eigenvalue weighted by atomic mass is 16.2. The average Bonchev–Trinajstić information content (AvgIpc) is 3.60. The monoisotopic (exact) mass is 586 g/mol. The third kappa shape index (κ3) is 6.52. The summed E-state index contributed by atoms with van der Waals surface area (Å²) >= 11 is 0. The number of carbonyl (C=O) groups is 4. The molecule has 1 aliphatic carbocycles. The van der Waals surface area contributed by atoms with E-state index in [9.17, 15) is 19.2 Å². The number of hydrogen-bond acceptors (Lipinski definition) is 7. The maximum Gasteiger partial charge on any atom is 0.262 e. The van der Waals surface area contributed by atoms with Gasteiger partial charge in [-0.3, -0.25) is 28.9 Å². The van der Waals surface area contributed by atoms with E-state index in [-0.39, 0.29) is 18.4 Å². The van der Waals surface area contributed by atoms with Crippen LogP contribution in [0.1, 0.15) is 85.6 Å². The number of aldehydes is 1. The van der Waals surface area contributed by atoms with E-state index in [1.54, 1.807) is 12.1 Å². The molecule has 3 aliphatic rings. The number of carbonyl (C=O) groups excluding carboxylic acids is 4. The second-order valence-corrected chi connectivity index (χ2v) is 12.7. The maximum absolute atomic E-state index is 13.3. The van der Waals surface area contributed by atoms with Crippen molar-refractivity contribution in [2.75, 3.05) is 38.1 Å². The zero-order valence-corrected chi connectivity index (χ0v) is 25.6. The van der Waals surface area contributed by atoms with Crippen LogP contribution in [0.25, 0.3) is 0 Å². The first kappa shape index (κ1) is 30.5. The Morgan fingerprint density at radius 2 is 1.77 bits per heavy atom. The van der Waals surface area contributed by atoms with Crippen molar-refractivity contribution in [3.05, 3.63) is 47.3 Å². The largest absolute Gasteiger partial charge is 0.369 e. The van der Waals surface area contributed by atoms with Crippen LogP contribution in [-0.4, -0.2) is 88.9 Å². The lowest BCUT2D eigenvalue weighted by atomic mass is 9.85. The van der Waals surface area contributed by atoms with E-state index in [4.69, 9.17) is 0 Å². The van der Waals surface area contributed by atoms with Crippen molar-refractivity contribution in [3.63, 3.8) is 0 Å². The highest BCUT2D eigenvalue weighted by Crippen LogP contribution is 2.32. The Bertz CT molecular complexity index is 1430. The van der Waals surface area contributed by atoms with E-state index >= 15 is 0 Å². The second kappa shape index (κ2) is 12.7. The lowest BCUT2D eigenvalue weighted by molar-refractivity contribution is -0.124. The number of benzene rings is 1. The van der Waals surface area contributed by atoms with Crippen molar-refractivity contribution >= 4 is 29.7 Å². The third-order valence-electron chi connectivity index (χ3n) is 8.90. The van der Waals surface area contributed by atoms with Gasteiger partial charge in [-0.15, -0.1) is 0 Å². The van der Waals surface area contributed by atoms with Crippen LogP contribution in [0.3, 0.4) is 0 Å². The van der Waals surface area contributed by atoms with Crippen LogP contribution < -0.4 is 10.2 Å². The topological polar surface area (TPSA) is 108 Å². The van der Waals surface area contributed by atoms with Gasteiger partial charge in [0.05, 0.1) is 28.4 Å². The summed E-state index contributed by atoms with van der Waals surface area (Å²) in [5.74, 6) is 5.82. The van der Waals surface area contributed by atoms with Crippen molar-refractivity contribution in [2.24, 2.45) is 5.92 Å². The van der Waals surface area contributed by atoms with Crippen LogP contribution in [0, 0.1) is 17.8 Å². The Hall–Kier alpha value is -3.97. The van der Waals surface area contributed by atoms with Crippen LogP contribution in [0.15, 0.2) is 30.6 Å². The molecule has 1 saturated carbocycles. The van der Waals surface area contributed by atoms with E-state index in [1.807, 2.05) is 23.1 Å². The molecule has 5 rings (SSSR count). The molecule has 43 heavy (non-hydrogen) atoms. The first-order chi connectivity index (χ1) is 20.6. The van der Waals surface area contributed by atoms with Gasteiger partial charge in [0.1, 0.15) is 12.3 Å². The fraction of sp³-hybridized carbons (Fsp3) is 0.545. The van der Waals surface area contributed by atoms with E-state index in [2.05, 4.69) is 52.8 Å². The Morgan fingerprint density at radius 3 is 2.40 bits per heavy atom. The maximum atomic E-state index is 13.3. The molecular formula is C33H42N6O4. The number of piperazine rings is 1. The molecule has 3 heterocycles. The quantitative estimate of drug-likeness (QED) is 0.302. The molecule has 2 fully saturated rings. The van der Waals surface area contributed by atoms with E-state index in [1.165, 1.54) is 7.05 Å². The number of fused-ring (bicyclic) bond motifs is 1. The molecule has 1 N–H and O–H groups in total. The van der Waals surface area contributed by atoms with Crippen molar-refractivity contribution < 1.29 is 19.2 Å². The average molecular weight is 587 g/mol. The smallest absolute Gasteiger partial charge is 0.262 e. The van der Waals surface area contributed by atoms with Crippen molar-refractivity contribution in [1.29, 1.82) is 0 Å². The van der Waals surface area contributed by atoms with Crippen molar-refractivity contribution in [1.82, 2.24) is 24.9 Å². The zero-order chi connectivity index (χ0) is 30.7. The van der Waals surface area contributed by atoms with Crippen LogP contribution in [-0.2, 0) is 15.1 Å². The molecule has 1 aromatic heterocycles. The number of hydrogen-bond donors (Lipinski definition) is 1. The van der Waals surface area contributed by atoms with Gasteiger partial charge in [-0.1, -0.05) is 11.8 Å². The summed E-state index contributed by atoms with van der Waals surface area (Å²) in [6.07, 6.45) is 9.24. The highest BCUT2D eigenvalue weighted by Gasteiger charge is 2.42. The molecule has 228 valence electrons. The molecule has 1 atom stereocenters. The fourth-order valence-electron chi connectivity index (χ4n) is 6.37. The van der Waals surface area contributed by atoms with Gasteiger partial charge in [-0.25, -0.2) is 0 Å². The van der Waals surface area contributed by atoms with Gasteiger partial charge in [0, 0.05) is 63.5 Å². The van der Waals surface area contributed by atoms with Crippen LogP contribution >= 0.6 is 0 Å². The van der Waals surface area contributed by atoms with Crippen LogP contribution in [0.2, 0.25) is 0 Å². The Morgan fingerprint density at radius 1 is 1.07 bits per heavy atom. The van der Waals surface area contributed by atoms with Gasteiger partial charge < -0.3 is 15.0 Å². The molecule has 0 bridgehead atoms. The van der Waals surface area contributed by atoms with Gasteiger partial charge >= 0.3 is 0 Å². The SMILES string of the molecule is CNC(=O)C(CCC=O)N1C(=O)c2ccc(N3CCN(C4CCC(C#Cc5cnn(C(C)(C)C)c5)CC4)CC3)cc2C1=O. The molecule has 10 heteroatoms. The molecule has 0 spiro atoms. The Labute approximate surface area is 253 Å². The molecule has 10 nitrogen and oxygen atoms in total. The summed E-state index contributed by atoms with van der Waals surface area (Å²) < 4.78 is 1.96. The Kier molecular flexibility index (Phi) is 9.02. The van der Waals surface area contributed by atoms with Gasteiger partial charge in [0.25, 0.3) is 11.8 Å². The third-order valence-corrected chi connectivity index (χ3v) is 8.90. The first-order valence-electron chi connectivity index (χ1n) is 15.3. The number of anilines is 1. The molecule has 3 amide bonds. The van der Waals surface area contributed by atoms with E-state index in [0.29, 0.717) is 29.4 Å². The summed E-state index contributed by atoms with van der Waals surface area (Å²) in [5, 5.41) is 6.96. The fourth-order valence-corrected chi connectivity index (χ4v) is 6.37. The predicted octanol–water partition coefficient (Wildman–Crippen LogP) is 3.06. The van der Waals surface area contributed by atoms with E-state index in [0.717, 1.165) is 68.0 Å². The van der Waals surface area contributed by atoms with Crippen LogP contribution in [0.5, 0.6) is 0 Å². The van der Waals surface area contributed by atoms with E-state index < -0.39 is 23.8 Å². The van der Waals surface area contributed by atoms with Gasteiger partial charge in [0.2, 0.25) is 5.91 Å². The number of imide groups is 1. The number of nitrogens with zero attached hydrogens (tertiary/aromatic N) is 5. The minimum atomic E-state index is -1.01.